The second-order valence-electron chi connectivity index (χ2n) is 6.69. The number of rotatable bonds is 7. The van der Waals surface area contributed by atoms with Crippen molar-refractivity contribution >= 4 is 17.2 Å². The van der Waals surface area contributed by atoms with Crippen LogP contribution in [0, 0.1) is 0 Å². The first-order valence-electron chi connectivity index (χ1n) is 9.62. The number of hydrogen-bond donors (Lipinski definition) is 1. The lowest BCUT2D eigenvalue weighted by molar-refractivity contribution is -0.121. The molecule has 4 rings (SSSR count). The van der Waals surface area contributed by atoms with Crippen LogP contribution < -0.4 is 16.4 Å². The van der Waals surface area contributed by atoms with E-state index in [0.717, 1.165) is 15.1 Å². The summed E-state index contributed by atoms with van der Waals surface area (Å²) in [5.74, 6) is -0.370. The number of nitrogens with zero attached hydrogens (tertiary/aromatic N) is 4. The zero-order valence-electron chi connectivity index (χ0n) is 16.5. The SMILES string of the molecule is O=C(Cn1nc(-c2cccs2)ccc1=O)NCCn1nc(-c2ccccc2)ccc1=O. The fraction of sp³-hybridized carbons (Fsp3) is 0.136. The highest BCUT2D eigenvalue weighted by Gasteiger charge is 2.09. The fourth-order valence-corrected chi connectivity index (χ4v) is 3.67. The Morgan fingerprint density at radius 3 is 2.29 bits per heavy atom. The van der Waals surface area contributed by atoms with Crippen LogP contribution in [-0.4, -0.2) is 32.0 Å². The molecule has 156 valence electrons. The Balaban J connectivity index is 1.39. The van der Waals surface area contributed by atoms with E-state index in [4.69, 9.17) is 0 Å². The van der Waals surface area contributed by atoms with E-state index in [9.17, 15) is 14.4 Å². The van der Waals surface area contributed by atoms with Gasteiger partial charge in [-0.15, -0.1) is 11.3 Å². The molecule has 3 aromatic heterocycles. The molecule has 0 aliphatic heterocycles. The van der Waals surface area contributed by atoms with Crippen molar-refractivity contribution in [3.05, 3.63) is 92.8 Å². The lowest BCUT2D eigenvalue weighted by Crippen LogP contribution is -2.36. The molecule has 0 saturated heterocycles. The molecule has 8 nitrogen and oxygen atoms in total. The topological polar surface area (TPSA) is 98.9 Å². The molecule has 0 fully saturated rings. The minimum atomic E-state index is -0.370. The van der Waals surface area contributed by atoms with E-state index in [1.165, 1.54) is 28.2 Å². The molecule has 4 aromatic rings. The molecule has 31 heavy (non-hydrogen) atoms. The maximum Gasteiger partial charge on any atom is 0.267 e. The van der Waals surface area contributed by atoms with Gasteiger partial charge in [-0.25, -0.2) is 9.36 Å². The highest BCUT2D eigenvalue weighted by atomic mass is 32.1. The van der Waals surface area contributed by atoms with Gasteiger partial charge in [-0.1, -0.05) is 36.4 Å². The van der Waals surface area contributed by atoms with Gasteiger partial charge in [0.1, 0.15) is 12.2 Å². The van der Waals surface area contributed by atoms with Crippen LogP contribution in [0.25, 0.3) is 21.8 Å². The lowest BCUT2D eigenvalue weighted by atomic mass is 10.1. The average molecular weight is 433 g/mol. The molecule has 1 N–H and O–H groups in total. The average Bonchev–Trinajstić information content (AvgIpc) is 3.32. The molecular weight excluding hydrogens is 414 g/mol. The molecule has 0 aliphatic carbocycles. The summed E-state index contributed by atoms with van der Waals surface area (Å²) in [5.41, 5.74) is 1.60. The third-order valence-electron chi connectivity index (χ3n) is 4.52. The van der Waals surface area contributed by atoms with Gasteiger partial charge in [0, 0.05) is 24.2 Å². The largest absolute Gasteiger partial charge is 0.353 e. The normalized spacial score (nSPS) is 10.7. The highest BCUT2D eigenvalue weighted by molar-refractivity contribution is 7.13. The van der Waals surface area contributed by atoms with Crippen molar-refractivity contribution in [1.82, 2.24) is 24.9 Å². The number of nitrogens with one attached hydrogen (secondary N) is 1. The van der Waals surface area contributed by atoms with Gasteiger partial charge >= 0.3 is 0 Å². The molecule has 0 unspecified atom stereocenters. The van der Waals surface area contributed by atoms with Crippen molar-refractivity contribution in [1.29, 1.82) is 0 Å². The van der Waals surface area contributed by atoms with Gasteiger partial charge in [0.15, 0.2) is 0 Å². The Hall–Kier alpha value is -3.85. The van der Waals surface area contributed by atoms with Gasteiger partial charge in [0.05, 0.1) is 17.1 Å². The zero-order chi connectivity index (χ0) is 21.6. The molecule has 0 bridgehead atoms. The van der Waals surface area contributed by atoms with Gasteiger partial charge in [-0.05, 0) is 23.6 Å². The zero-order valence-corrected chi connectivity index (χ0v) is 17.3. The van der Waals surface area contributed by atoms with Crippen molar-refractivity contribution in [2.75, 3.05) is 6.54 Å². The maximum atomic E-state index is 12.3. The van der Waals surface area contributed by atoms with Crippen LogP contribution in [0.15, 0.2) is 81.7 Å². The van der Waals surface area contributed by atoms with Crippen LogP contribution in [0.5, 0.6) is 0 Å². The summed E-state index contributed by atoms with van der Waals surface area (Å²) in [4.78, 5) is 37.4. The first-order chi connectivity index (χ1) is 15.1. The number of thiophene rings is 1. The number of aromatic nitrogens is 4. The van der Waals surface area contributed by atoms with E-state index in [-0.39, 0.29) is 36.7 Å². The van der Waals surface area contributed by atoms with Gasteiger partial charge in [0.2, 0.25) is 5.91 Å². The molecule has 0 spiro atoms. The first kappa shape index (κ1) is 20.4. The number of carbonyl (C=O) groups excluding carboxylic acids is 1. The smallest absolute Gasteiger partial charge is 0.267 e. The standard InChI is InChI=1S/C22H19N5O3S/c28-20(15-27-22(30)11-9-18(25-27)19-7-4-14-31-19)23-12-13-26-21(29)10-8-17(24-26)16-5-2-1-3-6-16/h1-11,14H,12-13,15H2,(H,23,28). The van der Waals surface area contributed by atoms with Crippen molar-refractivity contribution in [3.63, 3.8) is 0 Å². The number of amides is 1. The Labute approximate surface area is 181 Å². The predicted octanol–water partition coefficient (Wildman–Crippen LogP) is 2.01. The van der Waals surface area contributed by atoms with Crippen LogP contribution >= 0.6 is 11.3 Å². The van der Waals surface area contributed by atoms with Crippen molar-refractivity contribution in [3.8, 4) is 21.8 Å². The van der Waals surface area contributed by atoms with Crippen LogP contribution in [0.1, 0.15) is 0 Å². The van der Waals surface area contributed by atoms with Crippen molar-refractivity contribution in [2.45, 2.75) is 13.1 Å². The van der Waals surface area contributed by atoms with E-state index < -0.39 is 0 Å². The van der Waals surface area contributed by atoms with Gasteiger partial charge in [-0.3, -0.25) is 14.4 Å². The molecule has 0 aliphatic rings. The van der Waals surface area contributed by atoms with E-state index in [1.54, 1.807) is 12.1 Å². The summed E-state index contributed by atoms with van der Waals surface area (Å²) in [5, 5.41) is 13.3. The quantitative estimate of drug-likeness (QED) is 0.481. The molecule has 9 heteroatoms. The van der Waals surface area contributed by atoms with E-state index in [1.807, 2.05) is 47.8 Å². The molecule has 0 radical (unpaired) electrons. The number of hydrogen-bond acceptors (Lipinski definition) is 6. The molecule has 3 heterocycles. The summed E-state index contributed by atoms with van der Waals surface area (Å²) in [6.45, 7) is 0.205. The summed E-state index contributed by atoms with van der Waals surface area (Å²) in [7, 11) is 0. The van der Waals surface area contributed by atoms with Crippen LogP contribution in [0.2, 0.25) is 0 Å². The minimum Gasteiger partial charge on any atom is -0.353 e. The highest BCUT2D eigenvalue weighted by Crippen LogP contribution is 2.21. The number of benzene rings is 1. The van der Waals surface area contributed by atoms with Crippen LogP contribution in [0.4, 0.5) is 0 Å². The van der Waals surface area contributed by atoms with Gasteiger partial charge in [-0.2, -0.15) is 10.2 Å². The molecule has 0 saturated carbocycles. The Bertz CT molecular complexity index is 1300. The van der Waals surface area contributed by atoms with E-state index in [0.29, 0.717) is 11.4 Å². The summed E-state index contributed by atoms with van der Waals surface area (Å²) in [6.07, 6.45) is 0. The molecular formula is C22H19N5O3S. The van der Waals surface area contributed by atoms with Crippen molar-refractivity contribution < 1.29 is 4.79 Å². The third-order valence-corrected chi connectivity index (χ3v) is 5.41. The van der Waals surface area contributed by atoms with E-state index >= 15 is 0 Å². The fourth-order valence-electron chi connectivity index (χ4n) is 2.98. The maximum absolute atomic E-state index is 12.3. The Morgan fingerprint density at radius 2 is 1.55 bits per heavy atom. The summed E-state index contributed by atoms with van der Waals surface area (Å²) < 4.78 is 2.44. The number of carbonyl (C=O) groups is 1. The minimum absolute atomic E-state index is 0.198. The van der Waals surface area contributed by atoms with Gasteiger partial charge in [0.25, 0.3) is 11.1 Å². The summed E-state index contributed by atoms with van der Waals surface area (Å²) >= 11 is 1.50. The van der Waals surface area contributed by atoms with Crippen LogP contribution in [-0.2, 0) is 17.9 Å². The Kier molecular flexibility index (Phi) is 6.13. The third kappa shape index (κ3) is 5.01. The molecule has 1 amide bonds. The summed E-state index contributed by atoms with van der Waals surface area (Å²) in [6, 6.07) is 19.5. The Morgan fingerprint density at radius 1 is 0.839 bits per heavy atom. The molecule has 0 atom stereocenters. The second kappa shape index (κ2) is 9.31. The van der Waals surface area contributed by atoms with Crippen molar-refractivity contribution in [2.24, 2.45) is 0 Å². The van der Waals surface area contributed by atoms with E-state index in [2.05, 4.69) is 15.5 Å². The monoisotopic (exact) mass is 433 g/mol. The lowest BCUT2D eigenvalue weighted by Gasteiger charge is -2.09. The first-order valence-corrected chi connectivity index (χ1v) is 10.5. The predicted molar refractivity (Wildman–Crippen MR) is 119 cm³/mol. The van der Waals surface area contributed by atoms with Crippen LogP contribution in [0.3, 0.4) is 0 Å². The second-order valence-corrected chi connectivity index (χ2v) is 7.64. The van der Waals surface area contributed by atoms with Gasteiger partial charge < -0.3 is 5.32 Å². The molecule has 1 aromatic carbocycles.